The van der Waals surface area contributed by atoms with Crippen molar-refractivity contribution in [2.75, 3.05) is 19.7 Å². The van der Waals surface area contributed by atoms with Crippen molar-refractivity contribution in [1.29, 1.82) is 5.26 Å². The van der Waals surface area contributed by atoms with Crippen LogP contribution in [0.4, 0.5) is 0 Å². The lowest BCUT2D eigenvalue weighted by Crippen LogP contribution is -2.33. The maximum absolute atomic E-state index is 9.14. The first-order valence-electron chi connectivity index (χ1n) is 4.81. The molecule has 1 saturated heterocycles. The highest BCUT2D eigenvalue weighted by Crippen LogP contribution is 2.33. The molecule has 1 rings (SSSR count). The smallest absolute Gasteiger partial charge is 0.0635 e. The molecule has 1 fully saturated rings. The van der Waals surface area contributed by atoms with E-state index >= 15 is 0 Å². The van der Waals surface area contributed by atoms with Gasteiger partial charge in [0.2, 0.25) is 0 Å². The number of nitriles is 1. The van der Waals surface area contributed by atoms with Gasteiger partial charge < -0.3 is 5.11 Å². The molecule has 0 radical (unpaired) electrons. The third-order valence-electron chi connectivity index (χ3n) is 2.66. The van der Waals surface area contributed by atoms with Gasteiger partial charge >= 0.3 is 0 Å². The summed E-state index contributed by atoms with van der Waals surface area (Å²) in [4.78, 5) is 2.23. The summed E-state index contributed by atoms with van der Waals surface area (Å²) in [5, 5.41) is 17.6. The molecule has 0 aromatic rings. The van der Waals surface area contributed by atoms with Crippen LogP contribution in [0.5, 0.6) is 0 Å². The van der Waals surface area contributed by atoms with Gasteiger partial charge in [0, 0.05) is 25.6 Å². The van der Waals surface area contributed by atoms with E-state index in [9.17, 15) is 0 Å². The molecular formula is C10H18N2O. The Morgan fingerprint density at radius 3 is 2.85 bits per heavy atom. The molecule has 0 saturated carbocycles. The molecule has 0 aromatic heterocycles. The Bertz CT molecular complexity index is 207. The molecule has 0 aromatic carbocycles. The molecule has 13 heavy (non-hydrogen) atoms. The lowest BCUT2D eigenvalue weighted by atomic mass is 9.91. The summed E-state index contributed by atoms with van der Waals surface area (Å²) < 4.78 is 0. The highest BCUT2D eigenvalue weighted by molar-refractivity contribution is 4.91. The van der Waals surface area contributed by atoms with Crippen molar-refractivity contribution in [3.8, 4) is 6.07 Å². The van der Waals surface area contributed by atoms with Gasteiger partial charge in [-0.1, -0.05) is 13.8 Å². The van der Waals surface area contributed by atoms with Crippen LogP contribution >= 0.6 is 0 Å². The highest BCUT2D eigenvalue weighted by Gasteiger charge is 2.36. The van der Waals surface area contributed by atoms with Crippen molar-refractivity contribution in [3.05, 3.63) is 0 Å². The molecular weight excluding hydrogens is 164 g/mol. The molecule has 0 aliphatic carbocycles. The first kappa shape index (κ1) is 10.5. The maximum atomic E-state index is 9.14. The van der Waals surface area contributed by atoms with Gasteiger partial charge in [-0.25, -0.2) is 0 Å². The molecule has 1 unspecified atom stereocenters. The van der Waals surface area contributed by atoms with Crippen LogP contribution in [0, 0.1) is 16.7 Å². The second-order valence-corrected chi connectivity index (χ2v) is 4.58. The average molecular weight is 182 g/mol. The number of aliphatic hydroxyl groups is 1. The van der Waals surface area contributed by atoms with Crippen LogP contribution in [-0.2, 0) is 0 Å². The van der Waals surface area contributed by atoms with E-state index < -0.39 is 0 Å². The summed E-state index contributed by atoms with van der Waals surface area (Å²) in [5.41, 5.74) is 0.294. The van der Waals surface area contributed by atoms with Crippen molar-refractivity contribution in [1.82, 2.24) is 4.90 Å². The number of rotatable bonds is 3. The van der Waals surface area contributed by atoms with Crippen LogP contribution < -0.4 is 0 Å². The van der Waals surface area contributed by atoms with Gasteiger partial charge in [-0.3, -0.25) is 4.90 Å². The number of likely N-dealkylation sites (tertiary alicyclic amines) is 1. The number of hydrogen-bond acceptors (Lipinski definition) is 3. The Kier molecular flexibility index (Phi) is 3.29. The third-order valence-corrected chi connectivity index (χ3v) is 2.66. The number of nitrogens with zero attached hydrogens (tertiary/aromatic N) is 2. The summed E-state index contributed by atoms with van der Waals surface area (Å²) in [5.74, 6) is 0. The van der Waals surface area contributed by atoms with Gasteiger partial charge in [0.15, 0.2) is 0 Å². The number of hydrogen-bond donors (Lipinski definition) is 1. The molecule has 1 N–H and O–H groups in total. The van der Waals surface area contributed by atoms with Crippen molar-refractivity contribution >= 4 is 0 Å². The summed E-state index contributed by atoms with van der Waals surface area (Å²) in [7, 11) is 0. The van der Waals surface area contributed by atoms with E-state index in [0.717, 1.165) is 19.5 Å². The summed E-state index contributed by atoms with van der Waals surface area (Å²) in [6.07, 6.45) is 1.60. The molecule has 0 spiro atoms. The molecule has 1 aliphatic heterocycles. The Morgan fingerprint density at radius 2 is 2.31 bits per heavy atom. The minimum Gasteiger partial charge on any atom is -0.395 e. The van der Waals surface area contributed by atoms with Crippen molar-refractivity contribution in [3.63, 3.8) is 0 Å². The van der Waals surface area contributed by atoms with E-state index in [0.29, 0.717) is 11.8 Å². The Labute approximate surface area is 80.0 Å². The number of aliphatic hydroxyl groups excluding tert-OH is 1. The molecule has 3 heteroatoms. The largest absolute Gasteiger partial charge is 0.395 e. The minimum atomic E-state index is 0.217. The van der Waals surface area contributed by atoms with Crippen molar-refractivity contribution < 1.29 is 5.11 Å². The highest BCUT2D eigenvalue weighted by atomic mass is 16.3. The fourth-order valence-electron chi connectivity index (χ4n) is 2.15. The normalized spacial score (nSPS) is 27.4. The molecule has 0 bridgehead atoms. The van der Waals surface area contributed by atoms with Crippen LogP contribution in [0.25, 0.3) is 0 Å². The van der Waals surface area contributed by atoms with E-state index in [2.05, 4.69) is 24.8 Å². The topological polar surface area (TPSA) is 47.3 Å². The summed E-state index contributed by atoms with van der Waals surface area (Å²) >= 11 is 0. The first-order valence-corrected chi connectivity index (χ1v) is 4.81. The van der Waals surface area contributed by atoms with E-state index in [1.807, 2.05) is 0 Å². The van der Waals surface area contributed by atoms with E-state index in [-0.39, 0.29) is 12.6 Å². The monoisotopic (exact) mass is 182 g/mol. The van der Waals surface area contributed by atoms with Gasteiger partial charge in [0.05, 0.1) is 12.7 Å². The second kappa shape index (κ2) is 4.08. The van der Waals surface area contributed by atoms with Gasteiger partial charge in [-0.15, -0.1) is 0 Å². The van der Waals surface area contributed by atoms with Crippen molar-refractivity contribution in [2.24, 2.45) is 5.41 Å². The second-order valence-electron chi connectivity index (χ2n) is 4.58. The predicted octanol–water partition coefficient (Wildman–Crippen LogP) is 0.993. The Balaban J connectivity index is 2.49. The lowest BCUT2D eigenvalue weighted by molar-refractivity contribution is 0.160. The molecule has 3 nitrogen and oxygen atoms in total. The van der Waals surface area contributed by atoms with E-state index in [1.54, 1.807) is 0 Å². The molecule has 1 heterocycles. The summed E-state index contributed by atoms with van der Waals surface area (Å²) in [6.45, 7) is 6.43. The third kappa shape index (κ3) is 2.68. The quantitative estimate of drug-likeness (QED) is 0.708. The van der Waals surface area contributed by atoms with Gasteiger partial charge in [0.25, 0.3) is 0 Å². The molecule has 74 valence electrons. The average Bonchev–Trinajstić information content (AvgIpc) is 2.37. The molecule has 1 aliphatic rings. The Morgan fingerprint density at radius 1 is 1.62 bits per heavy atom. The summed E-state index contributed by atoms with van der Waals surface area (Å²) in [6, 6.07) is 2.41. The van der Waals surface area contributed by atoms with Crippen LogP contribution in [-0.4, -0.2) is 35.7 Å². The zero-order valence-corrected chi connectivity index (χ0v) is 8.45. The van der Waals surface area contributed by atoms with Gasteiger partial charge in [0.1, 0.15) is 0 Å². The molecule has 1 atom stereocenters. The van der Waals surface area contributed by atoms with Crippen LogP contribution in [0.15, 0.2) is 0 Å². The zero-order valence-electron chi connectivity index (χ0n) is 8.45. The first-order chi connectivity index (χ1) is 6.09. The van der Waals surface area contributed by atoms with Crippen LogP contribution in [0.3, 0.4) is 0 Å². The molecule has 0 amide bonds. The lowest BCUT2D eigenvalue weighted by Gasteiger charge is -2.21. The van der Waals surface area contributed by atoms with E-state index in [4.69, 9.17) is 10.4 Å². The standard InChI is InChI=1S/C10H18N2O/c1-10(2)6-9(7-13)12(8-10)5-3-4-11/h9,13H,3,5-8H2,1-2H3. The predicted molar refractivity (Wildman–Crippen MR) is 51.1 cm³/mol. The maximum Gasteiger partial charge on any atom is 0.0635 e. The van der Waals surface area contributed by atoms with Crippen LogP contribution in [0.1, 0.15) is 26.7 Å². The van der Waals surface area contributed by atoms with Gasteiger partial charge in [-0.05, 0) is 11.8 Å². The van der Waals surface area contributed by atoms with Crippen LogP contribution in [0.2, 0.25) is 0 Å². The van der Waals surface area contributed by atoms with E-state index in [1.165, 1.54) is 0 Å². The minimum absolute atomic E-state index is 0.217. The Hall–Kier alpha value is -0.590. The fraction of sp³-hybridized carbons (Fsp3) is 0.900. The van der Waals surface area contributed by atoms with Crippen molar-refractivity contribution in [2.45, 2.75) is 32.7 Å². The van der Waals surface area contributed by atoms with Gasteiger partial charge in [-0.2, -0.15) is 5.26 Å². The zero-order chi connectivity index (χ0) is 9.90. The SMILES string of the molecule is CC1(C)CC(CO)N(CCC#N)C1. The fourth-order valence-corrected chi connectivity index (χ4v) is 2.15.